The summed E-state index contributed by atoms with van der Waals surface area (Å²) in [7, 11) is 0. The third kappa shape index (κ3) is 3.43. The number of fused-ring (bicyclic) bond motifs is 1. The predicted octanol–water partition coefficient (Wildman–Crippen LogP) is 3.89. The number of rotatable bonds is 3. The van der Waals surface area contributed by atoms with E-state index in [0.29, 0.717) is 16.8 Å². The average Bonchev–Trinajstić information content (AvgIpc) is 3.37. The highest BCUT2D eigenvalue weighted by atomic mass is 16.2. The second-order valence-corrected chi connectivity index (χ2v) is 7.21. The number of nitrogens with zero attached hydrogens (tertiary/aromatic N) is 2. The van der Waals surface area contributed by atoms with Gasteiger partial charge in [-0.2, -0.15) is 5.26 Å². The molecule has 2 amide bonds. The molecule has 1 heterocycles. The first kappa shape index (κ1) is 17.3. The largest absolute Gasteiger partial charge is 0.322 e. The Morgan fingerprint density at radius 2 is 1.81 bits per heavy atom. The fourth-order valence-corrected chi connectivity index (χ4v) is 3.98. The molecule has 136 valence electrons. The van der Waals surface area contributed by atoms with Crippen molar-refractivity contribution in [3.8, 4) is 6.07 Å². The van der Waals surface area contributed by atoms with E-state index in [1.807, 2.05) is 29.2 Å². The lowest BCUT2D eigenvalue weighted by atomic mass is 10.1. The van der Waals surface area contributed by atoms with Crippen LogP contribution in [0.2, 0.25) is 0 Å². The van der Waals surface area contributed by atoms with Gasteiger partial charge in [0, 0.05) is 29.4 Å². The summed E-state index contributed by atoms with van der Waals surface area (Å²) in [5, 5.41) is 11.8. The van der Waals surface area contributed by atoms with Crippen LogP contribution in [0.25, 0.3) is 0 Å². The minimum Gasteiger partial charge on any atom is -0.322 e. The van der Waals surface area contributed by atoms with Gasteiger partial charge in [0.05, 0.1) is 11.6 Å². The number of carbonyl (C=O) groups excluding carboxylic acids is 2. The number of amides is 2. The van der Waals surface area contributed by atoms with Crippen molar-refractivity contribution in [1.82, 2.24) is 0 Å². The fraction of sp³-hybridized carbons (Fsp3) is 0.318. The summed E-state index contributed by atoms with van der Waals surface area (Å²) in [5.74, 6) is 0.140. The van der Waals surface area contributed by atoms with Gasteiger partial charge in [0.15, 0.2) is 0 Å². The van der Waals surface area contributed by atoms with E-state index in [4.69, 9.17) is 5.26 Å². The molecule has 0 aromatic heterocycles. The van der Waals surface area contributed by atoms with Gasteiger partial charge in [-0.1, -0.05) is 18.9 Å². The predicted molar refractivity (Wildman–Crippen MR) is 104 cm³/mol. The van der Waals surface area contributed by atoms with Crippen LogP contribution in [0.1, 0.15) is 47.2 Å². The molecule has 1 aliphatic carbocycles. The van der Waals surface area contributed by atoms with E-state index >= 15 is 0 Å². The molecule has 1 N–H and O–H groups in total. The van der Waals surface area contributed by atoms with Gasteiger partial charge in [-0.05, 0) is 61.2 Å². The number of nitrogens with one attached hydrogen (secondary N) is 1. The standard InChI is InChI=1S/C22H21N3O2/c23-14-15-5-7-17(8-6-15)21(26)24-19-10-9-16-11-12-25(20(16)13-19)22(27)18-3-1-2-4-18/h5-10,13,18H,1-4,11-12H2,(H,24,26). The molecule has 2 aliphatic rings. The normalized spacial score (nSPS) is 16.0. The van der Waals surface area contributed by atoms with Gasteiger partial charge >= 0.3 is 0 Å². The third-order valence-electron chi connectivity index (χ3n) is 5.49. The minimum atomic E-state index is -0.230. The summed E-state index contributed by atoms with van der Waals surface area (Å²) >= 11 is 0. The quantitative estimate of drug-likeness (QED) is 0.903. The number of hydrogen-bond donors (Lipinski definition) is 1. The summed E-state index contributed by atoms with van der Waals surface area (Å²) < 4.78 is 0. The van der Waals surface area contributed by atoms with Crippen molar-refractivity contribution < 1.29 is 9.59 Å². The van der Waals surface area contributed by atoms with E-state index in [-0.39, 0.29) is 17.7 Å². The van der Waals surface area contributed by atoms with Crippen LogP contribution in [0.3, 0.4) is 0 Å². The van der Waals surface area contributed by atoms with Gasteiger partial charge in [0.1, 0.15) is 0 Å². The van der Waals surface area contributed by atoms with Crippen LogP contribution in [0.4, 0.5) is 11.4 Å². The molecule has 4 rings (SSSR count). The molecule has 0 bridgehead atoms. The molecule has 0 spiro atoms. The van der Waals surface area contributed by atoms with Gasteiger partial charge in [-0.15, -0.1) is 0 Å². The summed E-state index contributed by atoms with van der Waals surface area (Å²) in [6.45, 7) is 0.720. The lowest BCUT2D eigenvalue weighted by Gasteiger charge is -2.21. The number of hydrogen-bond acceptors (Lipinski definition) is 3. The second kappa shape index (κ2) is 7.24. The average molecular weight is 359 g/mol. The number of benzene rings is 2. The molecule has 5 heteroatoms. The SMILES string of the molecule is N#Cc1ccc(C(=O)Nc2ccc3c(c2)N(C(=O)C2CCCC2)CC3)cc1. The van der Waals surface area contributed by atoms with Crippen LogP contribution in [0.5, 0.6) is 0 Å². The second-order valence-electron chi connectivity index (χ2n) is 7.21. The Morgan fingerprint density at radius 3 is 2.52 bits per heavy atom. The molecular weight excluding hydrogens is 338 g/mol. The van der Waals surface area contributed by atoms with Crippen LogP contribution in [-0.2, 0) is 11.2 Å². The summed E-state index contributed by atoms with van der Waals surface area (Å²) in [4.78, 5) is 27.2. The van der Waals surface area contributed by atoms with Crippen molar-refractivity contribution in [2.75, 3.05) is 16.8 Å². The molecule has 5 nitrogen and oxygen atoms in total. The van der Waals surface area contributed by atoms with Gasteiger partial charge in [0.25, 0.3) is 5.91 Å². The Morgan fingerprint density at radius 1 is 1.07 bits per heavy atom. The Balaban J connectivity index is 1.52. The maximum Gasteiger partial charge on any atom is 0.255 e. The van der Waals surface area contributed by atoms with Gasteiger partial charge < -0.3 is 10.2 Å². The highest BCUT2D eigenvalue weighted by Gasteiger charge is 2.31. The van der Waals surface area contributed by atoms with Gasteiger partial charge in [0.2, 0.25) is 5.91 Å². The van der Waals surface area contributed by atoms with Crippen molar-refractivity contribution in [3.05, 3.63) is 59.2 Å². The maximum atomic E-state index is 12.8. The topological polar surface area (TPSA) is 73.2 Å². The Kier molecular flexibility index (Phi) is 4.64. The van der Waals surface area contributed by atoms with Crippen LogP contribution < -0.4 is 10.2 Å². The van der Waals surface area contributed by atoms with Crippen molar-refractivity contribution in [1.29, 1.82) is 5.26 Å². The first-order chi connectivity index (χ1) is 13.2. The van der Waals surface area contributed by atoms with Crippen LogP contribution >= 0.6 is 0 Å². The highest BCUT2D eigenvalue weighted by molar-refractivity contribution is 6.05. The van der Waals surface area contributed by atoms with E-state index in [1.165, 1.54) is 0 Å². The Bertz CT molecular complexity index is 922. The van der Waals surface area contributed by atoms with E-state index in [0.717, 1.165) is 49.9 Å². The van der Waals surface area contributed by atoms with E-state index in [9.17, 15) is 9.59 Å². The number of nitriles is 1. The lowest BCUT2D eigenvalue weighted by molar-refractivity contribution is -0.122. The zero-order valence-corrected chi connectivity index (χ0v) is 15.1. The Hall–Kier alpha value is -3.13. The summed E-state index contributed by atoms with van der Waals surface area (Å²) in [5.41, 5.74) is 3.76. The Labute approximate surface area is 158 Å². The van der Waals surface area contributed by atoms with Crippen LogP contribution in [-0.4, -0.2) is 18.4 Å². The van der Waals surface area contributed by atoms with E-state index in [2.05, 4.69) is 5.32 Å². The summed E-state index contributed by atoms with van der Waals surface area (Å²) in [6.07, 6.45) is 5.10. The molecule has 1 aliphatic heterocycles. The van der Waals surface area contributed by atoms with Crippen molar-refractivity contribution in [2.45, 2.75) is 32.1 Å². The maximum absolute atomic E-state index is 12.8. The molecule has 0 saturated heterocycles. The molecule has 1 saturated carbocycles. The molecule has 0 unspecified atom stereocenters. The molecule has 0 radical (unpaired) electrons. The summed E-state index contributed by atoms with van der Waals surface area (Å²) in [6, 6.07) is 14.3. The third-order valence-corrected chi connectivity index (χ3v) is 5.49. The molecule has 2 aromatic carbocycles. The fourth-order valence-electron chi connectivity index (χ4n) is 3.98. The van der Waals surface area contributed by atoms with E-state index < -0.39 is 0 Å². The van der Waals surface area contributed by atoms with Crippen molar-refractivity contribution >= 4 is 23.2 Å². The molecule has 27 heavy (non-hydrogen) atoms. The lowest BCUT2D eigenvalue weighted by Crippen LogP contribution is -2.33. The van der Waals surface area contributed by atoms with Crippen molar-refractivity contribution in [3.63, 3.8) is 0 Å². The monoisotopic (exact) mass is 359 g/mol. The van der Waals surface area contributed by atoms with E-state index in [1.54, 1.807) is 24.3 Å². The number of carbonyl (C=O) groups is 2. The zero-order chi connectivity index (χ0) is 18.8. The molecule has 1 fully saturated rings. The van der Waals surface area contributed by atoms with Gasteiger partial charge in [-0.3, -0.25) is 9.59 Å². The highest BCUT2D eigenvalue weighted by Crippen LogP contribution is 2.35. The first-order valence-corrected chi connectivity index (χ1v) is 9.41. The molecule has 2 aromatic rings. The zero-order valence-electron chi connectivity index (χ0n) is 15.1. The van der Waals surface area contributed by atoms with Crippen molar-refractivity contribution in [2.24, 2.45) is 5.92 Å². The first-order valence-electron chi connectivity index (χ1n) is 9.41. The van der Waals surface area contributed by atoms with Crippen LogP contribution in [0.15, 0.2) is 42.5 Å². The number of anilines is 2. The van der Waals surface area contributed by atoms with Crippen LogP contribution in [0, 0.1) is 17.2 Å². The molecular formula is C22H21N3O2. The minimum absolute atomic E-state index is 0.146. The molecule has 0 atom stereocenters. The smallest absolute Gasteiger partial charge is 0.255 e. The van der Waals surface area contributed by atoms with Gasteiger partial charge in [-0.25, -0.2) is 0 Å².